The first kappa shape index (κ1) is 9.85. The minimum absolute atomic E-state index is 0.369. The van der Waals surface area contributed by atoms with Crippen molar-refractivity contribution in [3.63, 3.8) is 0 Å². The van der Waals surface area contributed by atoms with Gasteiger partial charge in [-0.15, -0.1) is 0 Å². The lowest BCUT2D eigenvalue weighted by molar-refractivity contribution is 0.355. The number of piperidine rings is 1. The highest BCUT2D eigenvalue weighted by Gasteiger charge is 2.24. The van der Waals surface area contributed by atoms with Gasteiger partial charge in [0.1, 0.15) is 0 Å². The van der Waals surface area contributed by atoms with E-state index in [1.54, 1.807) is 0 Å². The van der Waals surface area contributed by atoms with E-state index in [1.807, 2.05) is 0 Å². The predicted octanol–water partition coefficient (Wildman–Crippen LogP) is 3.24. The minimum atomic E-state index is 0.369. The third-order valence-electron chi connectivity index (χ3n) is 2.34. The predicted molar refractivity (Wildman–Crippen MR) is 58.2 cm³/mol. The fourth-order valence-electron chi connectivity index (χ4n) is 1.59. The van der Waals surface area contributed by atoms with Crippen LogP contribution in [0, 0.1) is 0 Å². The molecule has 1 saturated heterocycles. The second-order valence-electron chi connectivity index (χ2n) is 3.74. The molecule has 0 spiro atoms. The third-order valence-corrected chi connectivity index (χ3v) is 2.34. The maximum Gasteiger partial charge on any atom is 0.0370 e. The Bertz CT molecular complexity index is 268. The van der Waals surface area contributed by atoms with Crippen molar-refractivity contribution < 1.29 is 0 Å². The Hall–Kier alpha value is -1.24. The second-order valence-corrected chi connectivity index (χ2v) is 3.74. The summed E-state index contributed by atoms with van der Waals surface area (Å²) < 4.78 is 0. The molecular weight excluding hydrogens is 158 g/mol. The number of allylic oxidation sites excluding steroid dienone is 2. The van der Waals surface area contributed by atoms with Crippen LogP contribution in [-0.4, -0.2) is 10.9 Å². The number of hydrogen-bond acceptors (Lipinski definition) is 1. The van der Waals surface area contributed by atoms with Crippen molar-refractivity contribution in [2.45, 2.75) is 26.3 Å². The maximum atomic E-state index is 4.01. The summed E-state index contributed by atoms with van der Waals surface area (Å²) in [7, 11) is 0. The number of nitrogens with zero attached hydrogens (tertiary/aromatic N) is 1. The van der Waals surface area contributed by atoms with Gasteiger partial charge in [-0.05, 0) is 25.0 Å². The van der Waals surface area contributed by atoms with Crippen LogP contribution in [0.5, 0.6) is 0 Å². The van der Waals surface area contributed by atoms with E-state index < -0.39 is 0 Å². The van der Waals surface area contributed by atoms with E-state index in [9.17, 15) is 0 Å². The van der Waals surface area contributed by atoms with Gasteiger partial charge in [-0.3, -0.25) is 0 Å². The summed E-state index contributed by atoms with van der Waals surface area (Å²) in [6.07, 6.45) is 0.806. The number of likely N-dealkylation sites (tertiary alicyclic amines) is 1. The summed E-state index contributed by atoms with van der Waals surface area (Å²) in [4.78, 5) is 2.09. The van der Waals surface area contributed by atoms with Gasteiger partial charge in [-0.2, -0.15) is 0 Å². The van der Waals surface area contributed by atoms with E-state index >= 15 is 0 Å². The van der Waals surface area contributed by atoms with Crippen LogP contribution in [0.15, 0.2) is 48.9 Å². The molecule has 0 aromatic heterocycles. The van der Waals surface area contributed by atoms with Crippen LogP contribution in [0.2, 0.25) is 0 Å². The summed E-state index contributed by atoms with van der Waals surface area (Å²) in [5.74, 6) is 0. The van der Waals surface area contributed by atoms with Crippen molar-refractivity contribution in [1.29, 1.82) is 0 Å². The van der Waals surface area contributed by atoms with Crippen molar-refractivity contribution in [3.8, 4) is 0 Å². The molecule has 0 N–H and O–H groups in total. The Morgan fingerprint density at radius 2 is 1.38 bits per heavy atom. The number of hydrogen-bond donors (Lipinski definition) is 0. The lowest BCUT2D eigenvalue weighted by Crippen LogP contribution is -2.33. The van der Waals surface area contributed by atoms with Gasteiger partial charge in [0.25, 0.3) is 0 Å². The average molecular weight is 175 g/mol. The van der Waals surface area contributed by atoms with Crippen molar-refractivity contribution >= 4 is 0 Å². The fraction of sp³-hybridized carbons (Fsp3) is 0.333. The highest BCUT2D eigenvalue weighted by Crippen LogP contribution is 2.34. The van der Waals surface area contributed by atoms with E-state index in [4.69, 9.17) is 0 Å². The zero-order chi connectivity index (χ0) is 10.2. The first-order chi connectivity index (χ1) is 5.95. The molecule has 0 radical (unpaired) electrons. The molecule has 1 heteroatoms. The molecule has 0 unspecified atom stereocenters. The smallest absolute Gasteiger partial charge is 0.0370 e. The van der Waals surface area contributed by atoms with Crippen LogP contribution >= 0.6 is 0 Å². The molecule has 1 fully saturated rings. The Kier molecular flexibility index (Phi) is 2.46. The Morgan fingerprint density at radius 1 is 1.00 bits per heavy atom. The second kappa shape index (κ2) is 3.25. The Morgan fingerprint density at radius 3 is 1.69 bits per heavy atom. The third kappa shape index (κ3) is 1.59. The molecule has 0 amide bonds. The van der Waals surface area contributed by atoms with Gasteiger partial charge >= 0.3 is 0 Å². The van der Waals surface area contributed by atoms with Crippen LogP contribution in [0.25, 0.3) is 0 Å². The minimum Gasteiger partial charge on any atom is -0.340 e. The van der Waals surface area contributed by atoms with Gasteiger partial charge < -0.3 is 4.90 Å². The van der Waals surface area contributed by atoms with Crippen molar-refractivity contribution in [1.82, 2.24) is 4.90 Å². The van der Waals surface area contributed by atoms with Crippen LogP contribution in [0.4, 0.5) is 0 Å². The normalized spacial score (nSPS) is 18.8. The maximum absolute atomic E-state index is 4.01. The van der Waals surface area contributed by atoms with Crippen molar-refractivity contribution in [2.24, 2.45) is 0 Å². The average Bonchev–Trinajstić information content (AvgIpc) is 2.01. The fourth-order valence-corrected chi connectivity index (χ4v) is 1.59. The van der Waals surface area contributed by atoms with Crippen molar-refractivity contribution in [2.75, 3.05) is 0 Å². The van der Waals surface area contributed by atoms with Crippen LogP contribution in [-0.2, 0) is 0 Å². The quantitative estimate of drug-likeness (QED) is 0.591. The van der Waals surface area contributed by atoms with E-state index in [1.165, 1.54) is 0 Å². The monoisotopic (exact) mass is 175 g/mol. The molecule has 0 aromatic rings. The van der Waals surface area contributed by atoms with E-state index in [0.29, 0.717) is 6.04 Å². The van der Waals surface area contributed by atoms with E-state index in [-0.39, 0.29) is 0 Å². The molecule has 0 saturated carbocycles. The van der Waals surface area contributed by atoms with Crippen LogP contribution in [0.1, 0.15) is 20.3 Å². The van der Waals surface area contributed by atoms with Crippen LogP contribution in [0.3, 0.4) is 0 Å². The molecule has 1 heterocycles. The zero-order valence-corrected chi connectivity index (χ0v) is 8.56. The topological polar surface area (TPSA) is 3.24 Å². The van der Waals surface area contributed by atoms with Gasteiger partial charge in [-0.1, -0.05) is 26.3 Å². The molecule has 0 aromatic carbocycles. The van der Waals surface area contributed by atoms with E-state index in [2.05, 4.69) is 45.1 Å². The molecule has 0 aliphatic carbocycles. The highest BCUT2D eigenvalue weighted by molar-refractivity contribution is 5.44. The number of rotatable bonds is 1. The molecule has 13 heavy (non-hydrogen) atoms. The lowest BCUT2D eigenvalue weighted by atomic mass is 9.95. The molecule has 1 nitrogen and oxygen atoms in total. The summed E-state index contributed by atoms with van der Waals surface area (Å²) in [5.41, 5.74) is 4.05. The summed E-state index contributed by atoms with van der Waals surface area (Å²) in [6, 6.07) is 0.369. The standard InChI is InChI=1S/C12H17N/c1-8(2)13-11(5)9(3)7-10(4)12(13)6/h8H,3-7H2,1-2H3. The van der Waals surface area contributed by atoms with Gasteiger partial charge in [0, 0.05) is 23.9 Å². The molecule has 1 aliphatic rings. The largest absolute Gasteiger partial charge is 0.340 e. The van der Waals surface area contributed by atoms with Gasteiger partial charge in [0.15, 0.2) is 0 Å². The summed E-state index contributed by atoms with van der Waals surface area (Å²) in [5, 5.41) is 0. The van der Waals surface area contributed by atoms with Crippen molar-refractivity contribution in [3.05, 3.63) is 48.9 Å². The SMILES string of the molecule is C=C1CC(=C)C(=C)N(C(C)C)C1=C. The van der Waals surface area contributed by atoms with Gasteiger partial charge in [0.05, 0.1) is 0 Å². The first-order valence-corrected chi connectivity index (χ1v) is 4.48. The van der Waals surface area contributed by atoms with Crippen LogP contribution < -0.4 is 0 Å². The molecule has 0 atom stereocenters. The molecule has 1 aliphatic heterocycles. The lowest BCUT2D eigenvalue weighted by Gasteiger charge is -2.38. The van der Waals surface area contributed by atoms with Gasteiger partial charge in [-0.25, -0.2) is 0 Å². The molecular formula is C12H17N. The Labute approximate surface area is 80.7 Å². The Balaban J connectivity index is 3.02. The summed E-state index contributed by atoms with van der Waals surface area (Å²) >= 11 is 0. The summed E-state index contributed by atoms with van der Waals surface area (Å²) in [6.45, 7) is 20.2. The zero-order valence-electron chi connectivity index (χ0n) is 8.56. The molecule has 1 rings (SSSR count). The molecule has 0 bridgehead atoms. The van der Waals surface area contributed by atoms with Gasteiger partial charge in [0.2, 0.25) is 0 Å². The first-order valence-electron chi connectivity index (χ1n) is 4.48. The molecule has 70 valence electrons. The van der Waals surface area contributed by atoms with E-state index in [0.717, 1.165) is 29.0 Å². The highest BCUT2D eigenvalue weighted by atomic mass is 15.2.